The van der Waals surface area contributed by atoms with Crippen molar-refractivity contribution in [1.29, 1.82) is 0 Å². The molecule has 0 radical (unpaired) electrons. The van der Waals surface area contributed by atoms with Gasteiger partial charge in [0.25, 0.3) is 0 Å². The van der Waals surface area contributed by atoms with Crippen LogP contribution in [-0.4, -0.2) is 21.0 Å². The van der Waals surface area contributed by atoms with Crippen LogP contribution in [0.3, 0.4) is 0 Å². The molecule has 0 aliphatic carbocycles. The topological polar surface area (TPSA) is 87.1 Å². The lowest BCUT2D eigenvalue weighted by molar-refractivity contribution is 0.0697. The van der Waals surface area contributed by atoms with E-state index < -0.39 is 5.97 Å². The number of hydrogen-bond donors (Lipinski definition) is 3. The van der Waals surface area contributed by atoms with Crippen molar-refractivity contribution < 1.29 is 14.3 Å². The highest BCUT2D eigenvalue weighted by Gasteiger charge is 2.05. The smallest absolute Gasteiger partial charge is 0.335 e. The average molecular weight is 324 g/mol. The largest absolute Gasteiger partial charge is 0.478 e. The molecule has 1 heterocycles. The van der Waals surface area contributed by atoms with Crippen molar-refractivity contribution in [2.75, 3.05) is 10.6 Å². The Balaban J connectivity index is 1.76. The summed E-state index contributed by atoms with van der Waals surface area (Å²) in [5, 5.41) is 15.1. The summed E-state index contributed by atoms with van der Waals surface area (Å²) >= 11 is 0. The molecule has 3 rings (SSSR count). The lowest BCUT2D eigenvalue weighted by atomic mass is 10.2. The first-order chi connectivity index (χ1) is 11.6. The molecule has 0 fully saturated rings. The van der Waals surface area contributed by atoms with Crippen LogP contribution in [0.25, 0.3) is 0 Å². The second-order valence-corrected chi connectivity index (χ2v) is 4.93. The number of aromatic nitrogens is 2. The molecule has 7 heteroatoms. The van der Waals surface area contributed by atoms with Crippen molar-refractivity contribution in [3.05, 3.63) is 72.3 Å². The molecule has 0 aliphatic heterocycles. The van der Waals surface area contributed by atoms with E-state index in [9.17, 15) is 9.18 Å². The van der Waals surface area contributed by atoms with Crippen molar-refractivity contribution in [2.24, 2.45) is 0 Å². The van der Waals surface area contributed by atoms with Crippen molar-refractivity contribution in [3.63, 3.8) is 0 Å². The number of carbonyl (C=O) groups is 1. The molecule has 0 unspecified atom stereocenters. The first kappa shape index (κ1) is 15.4. The monoisotopic (exact) mass is 324 g/mol. The maximum Gasteiger partial charge on any atom is 0.335 e. The highest BCUT2D eigenvalue weighted by atomic mass is 19.1. The number of nitrogens with zero attached hydrogens (tertiary/aromatic N) is 2. The third kappa shape index (κ3) is 3.83. The number of halogens is 1. The number of hydrogen-bond acceptors (Lipinski definition) is 5. The van der Waals surface area contributed by atoms with Crippen molar-refractivity contribution in [2.45, 2.75) is 0 Å². The molecule has 1 aromatic heterocycles. The van der Waals surface area contributed by atoms with Gasteiger partial charge in [0, 0.05) is 17.4 Å². The minimum Gasteiger partial charge on any atom is -0.478 e. The van der Waals surface area contributed by atoms with Gasteiger partial charge in [0.1, 0.15) is 23.8 Å². The average Bonchev–Trinajstić information content (AvgIpc) is 2.57. The summed E-state index contributed by atoms with van der Waals surface area (Å²) in [6.07, 6.45) is 1.37. The molecular weight excluding hydrogens is 311 g/mol. The van der Waals surface area contributed by atoms with E-state index in [2.05, 4.69) is 20.6 Å². The Kier molecular flexibility index (Phi) is 4.33. The van der Waals surface area contributed by atoms with E-state index in [1.807, 2.05) is 0 Å². The van der Waals surface area contributed by atoms with Crippen LogP contribution in [0.5, 0.6) is 0 Å². The van der Waals surface area contributed by atoms with Crippen molar-refractivity contribution in [1.82, 2.24) is 9.97 Å². The van der Waals surface area contributed by atoms with Crippen LogP contribution < -0.4 is 10.6 Å². The molecular formula is C17H13FN4O2. The summed E-state index contributed by atoms with van der Waals surface area (Å²) < 4.78 is 12.9. The molecule has 24 heavy (non-hydrogen) atoms. The van der Waals surface area contributed by atoms with Crippen LogP contribution in [0.15, 0.2) is 60.9 Å². The molecule has 3 aromatic rings. The Labute approximate surface area is 137 Å². The van der Waals surface area contributed by atoms with Gasteiger partial charge >= 0.3 is 5.97 Å². The third-order valence-electron chi connectivity index (χ3n) is 3.17. The zero-order chi connectivity index (χ0) is 16.9. The molecule has 0 aliphatic rings. The Morgan fingerprint density at radius 3 is 2.25 bits per heavy atom. The number of anilines is 4. The molecule has 0 bridgehead atoms. The summed E-state index contributed by atoms with van der Waals surface area (Å²) in [4.78, 5) is 19.2. The predicted octanol–water partition coefficient (Wildman–Crippen LogP) is 3.80. The van der Waals surface area contributed by atoms with Gasteiger partial charge < -0.3 is 15.7 Å². The van der Waals surface area contributed by atoms with E-state index in [1.54, 1.807) is 30.3 Å². The first-order valence-corrected chi connectivity index (χ1v) is 7.05. The van der Waals surface area contributed by atoms with E-state index in [0.717, 1.165) is 0 Å². The summed E-state index contributed by atoms with van der Waals surface area (Å²) in [7, 11) is 0. The molecule has 2 aromatic carbocycles. The molecule has 0 amide bonds. The molecule has 0 saturated carbocycles. The van der Waals surface area contributed by atoms with Crippen LogP contribution in [0.4, 0.5) is 27.4 Å². The highest BCUT2D eigenvalue weighted by molar-refractivity contribution is 5.89. The Morgan fingerprint density at radius 1 is 0.917 bits per heavy atom. The third-order valence-corrected chi connectivity index (χ3v) is 3.17. The van der Waals surface area contributed by atoms with E-state index in [1.165, 1.54) is 30.6 Å². The molecule has 3 N–H and O–H groups in total. The molecule has 120 valence electrons. The predicted molar refractivity (Wildman–Crippen MR) is 88.4 cm³/mol. The summed E-state index contributed by atoms with van der Waals surface area (Å²) in [6.45, 7) is 0. The van der Waals surface area contributed by atoms with Crippen LogP contribution in [-0.2, 0) is 0 Å². The zero-order valence-electron chi connectivity index (χ0n) is 12.4. The second kappa shape index (κ2) is 6.74. The molecule has 0 atom stereocenters. The van der Waals surface area contributed by atoms with Crippen LogP contribution in [0.2, 0.25) is 0 Å². The normalized spacial score (nSPS) is 10.2. The van der Waals surface area contributed by atoms with Gasteiger partial charge in [-0.2, -0.15) is 0 Å². The SMILES string of the molecule is O=C(O)c1cccc(Nc2cc(Nc3ccc(F)cc3)ncn2)c1. The van der Waals surface area contributed by atoms with Gasteiger partial charge in [0.15, 0.2) is 0 Å². The number of rotatable bonds is 5. The van der Waals surface area contributed by atoms with Gasteiger partial charge in [-0.05, 0) is 42.5 Å². The van der Waals surface area contributed by atoms with Gasteiger partial charge in [-0.15, -0.1) is 0 Å². The van der Waals surface area contributed by atoms with Crippen LogP contribution in [0.1, 0.15) is 10.4 Å². The minimum atomic E-state index is -1.000. The van der Waals surface area contributed by atoms with Crippen LogP contribution >= 0.6 is 0 Å². The Morgan fingerprint density at radius 2 is 1.58 bits per heavy atom. The fourth-order valence-electron chi connectivity index (χ4n) is 2.05. The lowest BCUT2D eigenvalue weighted by Gasteiger charge is -2.09. The van der Waals surface area contributed by atoms with E-state index >= 15 is 0 Å². The lowest BCUT2D eigenvalue weighted by Crippen LogP contribution is -2.00. The standard InChI is InChI=1S/C17H13FN4O2/c18-12-4-6-13(7-5-12)21-15-9-16(20-10-19-15)22-14-3-1-2-11(8-14)17(23)24/h1-10H,(H,23,24)(H2,19,20,21,22). The number of nitrogens with one attached hydrogen (secondary N) is 2. The Bertz CT molecular complexity index is 868. The summed E-state index contributed by atoms with van der Waals surface area (Å²) in [5.74, 6) is -0.297. The van der Waals surface area contributed by atoms with Gasteiger partial charge in [0.2, 0.25) is 0 Å². The number of aromatic carboxylic acids is 1. The van der Waals surface area contributed by atoms with Gasteiger partial charge in [-0.25, -0.2) is 19.2 Å². The maximum atomic E-state index is 12.9. The van der Waals surface area contributed by atoms with Gasteiger partial charge in [-0.1, -0.05) is 6.07 Å². The van der Waals surface area contributed by atoms with Crippen LogP contribution in [0, 0.1) is 5.82 Å². The number of carboxylic acids is 1. The number of carboxylic acid groups (broad SMARTS) is 1. The van der Waals surface area contributed by atoms with Crippen molar-refractivity contribution in [3.8, 4) is 0 Å². The quantitative estimate of drug-likeness (QED) is 0.662. The second-order valence-electron chi connectivity index (χ2n) is 4.93. The number of benzene rings is 2. The fourth-order valence-corrected chi connectivity index (χ4v) is 2.05. The molecule has 0 spiro atoms. The summed E-state index contributed by atoms with van der Waals surface area (Å²) in [5.41, 5.74) is 1.47. The Hall–Kier alpha value is -3.48. The molecule has 6 nitrogen and oxygen atoms in total. The van der Waals surface area contributed by atoms with E-state index in [-0.39, 0.29) is 11.4 Å². The molecule has 0 saturated heterocycles. The maximum absolute atomic E-state index is 12.9. The van der Waals surface area contributed by atoms with Gasteiger partial charge in [-0.3, -0.25) is 0 Å². The van der Waals surface area contributed by atoms with Crippen molar-refractivity contribution >= 4 is 29.0 Å². The van der Waals surface area contributed by atoms with E-state index in [4.69, 9.17) is 5.11 Å². The minimum absolute atomic E-state index is 0.179. The van der Waals surface area contributed by atoms with Gasteiger partial charge in [0.05, 0.1) is 5.56 Å². The fraction of sp³-hybridized carbons (Fsp3) is 0. The first-order valence-electron chi connectivity index (χ1n) is 7.05. The van der Waals surface area contributed by atoms with E-state index in [0.29, 0.717) is 23.0 Å². The summed E-state index contributed by atoms with van der Waals surface area (Å²) in [6, 6.07) is 14.0. The zero-order valence-corrected chi connectivity index (χ0v) is 12.4. The highest BCUT2D eigenvalue weighted by Crippen LogP contribution is 2.20.